The third-order valence-electron chi connectivity index (χ3n) is 4.87. The number of carbonyl (C=O) groups is 1. The first-order chi connectivity index (χ1) is 12.6. The molecular formula is C17H21N7OS. The van der Waals surface area contributed by atoms with Gasteiger partial charge in [0.25, 0.3) is 5.91 Å². The van der Waals surface area contributed by atoms with Gasteiger partial charge in [-0.15, -0.1) is 21.5 Å². The van der Waals surface area contributed by atoms with Gasteiger partial charge in [-0.2, -0.15) is 0 Å². The second-order valence-corrected chi connectivity index (χ2v) is 7.65. The molecule has 0 spiro atoms. The maximum atomic E-state index is 12.5. The van der Waals surface area contributed by atoms with Crippen LogP contribution < -0.4 is 0 Å². The average molecular weight is 371 g/mol. The average Bonchev–Trinajstić information content (AvgIpc) is 3.38. The summed E-state index contributed by atoms with van der Waals surface area (Å²) in [6.07, 6.45) is 7.24. The van der Waals surface area contributed by atoms with Gasteiger partial charge in [0.05, 0.1) is 17.9 Å². The van der Waals surface area contributed by atoms with Crippen molar-refractivity contribution in [1.82, 2.24) is 34.2 Å². The van der Waals surface area contributed by atoms with E-state index in [0.29, 0.717) is 18.2 Å². The zero-order valence-corrected chi connectivity index (χ0v) is 15.7. The molecule has 1 aliphatic rings. The van der Waals surface area contributed by atoms with Crippen LogP contribution in [-0.4, -0.2) is 53.2 Å². The zero-order valence-electron chi connectivity index (χ0n) is 14.9. The molecule has 9 heteroatoms. The highest BCUT2D eigenvalue weighted by Gasteiger charge is 2.28. The summed E-state index contributed by atoms with van der Waals surface area (Å²) >= 11 is 1.51. The molecule has 4 heterocycles. The number of piperidine rings is 1. The van der Waals surface area contributed by atoms with E-state index < -0.39 is 0 Å². The van der Waals surface area contributed by atoms with Gasteiger partial charge >= 0.3 is 0 Å². The van der Waals surface area contributed by atoms with Crippen LogP contribution in [0.25, 0.3) is 0 Å². The molecule has 3 aromatic heterocycles. The molecule has 1 saturated heterocycles. The quantitative estimate of drug-likeness (QED) is 0.699. The lowest BCUT2D eigenvalue weighted by Gasteiger charge is -2.31. The summed E-state index contributed by atoms with van der Waals surface area (Å²) in [5, 5.41) is 11.5. The number of hydrogen-bond donors (Lipinski definition) is 0. The molecule has 3 aromatic rings. The lowest BCUT2D eigenvalue weighted by Crippen LogP contribution is -2.38. The van der Waals surface area contributed by atoms with E-state index in [1.165, 1.54) is 11.3 Å². The van der Waals surface area contributed by atoms with Crippen molar-refractivity contribution < 1.29 is 4.79 Å². The highest BCUT2D eigenvalue weighted by Crippen LogP contribution is 2.27. The maximum Gasteiger partial charge on any atom is 0.273 e. The van der Waals surface area contributed by atoms with Gasteiger partial charge in [0.15, 0.2) is 5.82 Å². The molecule has 136 valence electrons. The van der Waals surface area contributed by atoms with Gasteiger partial charge < -0.3 is 14.0 Å². The fourth-order valence-electron chi connectivity index (χ4n) is 3.38. The minimum Gasteiger partial charge on any atom is -0.337 e. The van der Waals surface area contributed by atoms with E-state index in [-0.39, 0.29) is 5.91 Å². The van der Waals surface area contributed by atoms with Crippen LogP contribution in [0.5, 0.6) is 0 Å². The van der Waals surface area contributed by atoms with Gasteiger partial charge in [-0.3, -0.25) is 4.79 Å². The van der Waals surface area contributed by atoms with Crippen molar-refractivity contribution in [1.29, 1.82) is 0 Å². The Bertz CT molecular complexity index is 890. The highest BCUT2D eigenvalue weighted by molar-refractivity contribution is 7.09. The van der Waals surface area contributed by atoms with Gasteiger partial charge in [-0.05, 0) is 19.8 Å². The van der Waals surface area contributed by atoms with Crippen LogP contribution in [0.3, 0.4) is 0 Å². The molecular weight excluding hydrogens is 350 g/mol. The summed E-state index contributed by atoms with van der Waals surface area (Å²) in [5.74, 6) is 2.27. The van der Waals surface area contributed by atoms with Crippen LogP contribution in [0.2, 0.25) is 0 Å². The number of likely N-dealkylation sites (tertiary alicyclic amines) is 1. The van der Waals surface area contributed by atoms with Crippen molar-refractivity contribution in [2.45, 2.75) is 32.2 Å². The molecule has 1 aliphatic heterocycles. The number of aryl methyl sites for hydroxylation is 1. The fourth-order valence-corrected chi connectivity index (χ4v) is 3.96. The molecule has 0 saturated carbocycles. The first-order valence-corrected chi connectivity index (χ1v) is 9.55. The molecule has 0 aliphatic carbocycles. The Hall–Kier alpha value is -2.55. The first-order valence-electron chi connectivity index (χ1n) is 8.67. The van der Waals surface area contributed by atoms with Crippen molar-refractivity contribution in [2.75, 3.05) is 13.1 Å². The van der Waals surface area contributed by atoms with Crippen LogP contribution in [0.15, 0.2) is 24.1 Å². The van der Waals surface area contributed by atoms with Crippen LogP contribution in [0, 0.1) is 6.92 Å². The number of aromatic nitrogens is 6. The third kappa shape index (κ3) is 3.26. The Morgan fingerprint density at radius 1 is 1.31 bits per heavy atom. The van der Waals surface area contributed by atoms with Gasteiger partial charge in [0.2, 0.25) is 0 Å². The smallest absolute Gasteiger partial charge is 0.273 e. The molecule has 0 N–H and O–H groups in total. The van der Waals surface area contributed by atoms with Crippen molar-refractivity contribution in [3.63, 3.8) is 0 Å². The number of hydrogen-bond acceptors (Lipinski definition) is 6. The molecule has 0 radical (unpaired) electrons. The van der Waals surface area contributed by atoms with E-state index >= 15 is 0 Å². The van der Waals surface area contributed by atoms with Gasteiger partial charge in [0, 0.05) is 43.8 Å². The van der Waals surface area contributed by atoms with Crippen molar-refractivity contribution in [3.8, 4) is 0 Å². The number of nitrogens with zero attached hydrogens (tertiary/aromatic N) is 7. The predicted molar refractivity (Wildman–Crippen MR) is 97.1 cm³/mol. The minimum absolute atomic E-state index is 0.0339. The summed E-state index contributed by atoms with van der Waals surface area (Å²) in [5.41, 5.74) is 0.562. The van der Waals surface area contributed by atoms with Crippen molar-refractivity contribution in [3.05, 3.63) is 46.5 Å². The van der Waals surface area contributed by atoms with E-state index in [4.69, 9.17) is 0 Å². The fraction of sp³-hybridized carbons (Fsp3) is 0.471. The summed E-state index contributed by atoms with van der Waals surface area (Å²) in [4.78, 5) is 22.8. The Labute approximate surface area is 155 Å². The Balaban J connectivity index is 1.40. The van der Waals surface area contributed by atoms with Crippen LogP contribution in [0.1, 0.15) is 45.9 Å². The number of imidazole rings is 1. The Morgan fingerprint density at radius 3 is 2.77 bits per heavy atom. The third-order valence-corrected chi connectivity index (χ3v) is 5.64. The largest absolute Gasteiger partial charge is 0.337 e. The number of carbonyl (C=O) groups excluding carboxylic acids is 1. The second-order valence-electron chi connectivity index (χ2n) is 6.59. The topological polar surface area (TPSA) is 81.7 Å². The van der Waals surface area contributed by atoms with E-state index in [0.717, 1.165) is 42.6 Å². The van der Waals surface area contributed by atoms with E-state index in [1.807, 2.05) is 35.0 Å². The van der Waals surface area contributed by atoms with Crippen LogP contribution in [-0.2, 0) is 13.6 Å². The van der Waals surface area contributed by atoms with E-state index in [9.17, 15) is 4.79 Å². The summed E-state index contributed by atoms with van der Waals surface area (Å²) in [7, 11) is 2.01. The van der Waals surface area contributed by atoms with E-state index in [1.54, 1.807) is 12.5 Å². The van der Waals surface area contributed by atoms with Gasteiger partial charge in [-0.1, -0.05) is 0 Å². The minimum atomic E-state index is 0.0339. The summed E-state index contributed by atoms with van der Waals surface area (Å²) in [6, 6.07) is 0. The van der Waals surface area contributed by atoms with Crippen molar-refractivity contribution in [2.24, 2.45) is 7.05 Å². The number of rotatable bonds is 4. The predicted octanol–water partition coefficient (Wildman–Crippen LogP) is 1.84. The first kappa shape index (κ1) is 16.9. The molecule has 26 heavy (non-hydrogen) atoms. The summed E-state index contributed by atoms with van der Waals surface area (Å²) < 4.78 is 4.05. The molecule has 4 rings (SSSR count). The van der Waals surface area contributed by atoms with Crippen molar-refractivity contribution >= 4 is 17.2 Å². The standard InChI is InChI=1S/C17H21N7OS/c1-12-19-14(10-26-12)17(25)24-6-3-13(4-7-24)16-21-20-15(22(16)2)9-23-8-5-18-11-23/h5,8,10-11,13H,3-4,6-7,9H2,1-2H3. The second kappa shape index (κ2) is 6.99. The molecule has 1 fully saturated rings. The lowest BCUT2D eigenvalue weighted by molar-refractivity contribution is 0.0705. The molecule has 1 amide bonds. The van der Waals surface area contributed by atoms with Crippen LogP contribution in [0.4, 0.5) is 0 Å². The molecule has 0 atom stereocenters. The van der Waals surface area contributed by atoms with Gasteiger partial charge in [0.1, 0.15) is 11.5 Å². The monoisotopic (exact) mass is 371 g/mol. The Morgan fingerprint density at radius 2 is 2.12 bits per heavy atom. The Kier molecular flexibility index (Phi) is 4.54. The summed E-state index contributed by atoms with van der Waals surface area (Å²) in [6.45, 7) is 4.03. The zero-order chi connectivity index (χ0) is 18.1. The normalized spacial score (nSPS) is 15.5. The lowest BCUT2D eigenvalue weighted by atomic mass is 9.95. The number of amides is 1. The van der Waals surface area contributed by atoms with Crippen LogP contribution >= 0.6 is 11.3 Å². The molecule has 0 bridgehead atoms. The number of thiazole rings is 1. The molecule has 0 aromatic carbocycles. The highest BCUT2D eigenvalue weighted by atomic mass is 32.1. The maximum absolute atomic E-state index is 12.5. The molecule has 8 nitrogen and oxygen atoms in total. The SMILES string of the molecule is Cc1nc(C(=O)N2CCC(c3nnc(Cn4ccnc4)n3C)CC2)cs1. The van der Waals surface area contributed by atoms with Gasteiger partial charge in [-0.25, -0.2) is 9.97 Å². The van der Waals surface area contributed by atoms with E-state index in [2.05, 4.69) is 24.7 Å². The molecule has 0 unspecified atom stereocenters.